The van der Waals surface area contributed by atoms with E-state index in [9.17, 15) is 27.6 Å². The number of fused-ring (bicyclic) bond motifs is 1. The summed E-state index contributed by atoms with van der Waals surface area (Å²) < 4.78 is 53.0. The lowest BCUT2D eigenvalue weighted by Crippen LogP contribution is -2.33. The molecule has 11 nitrogen and oxygen atoms in total. The maximum atomic E-state index is 14.3. The van der Waals surface area contributed by atoms with E-state index in [1.54, 1.807) is 0 Å². The number of aromatic amines is 2. The number of carbonyl (C=O) groups is 1. The Kier molecular flexibility index (Phi) is 6.03. The summed E-state index contributed by atoms with van der Waals surface area (Å²) in [6, 6.07) is 6.36. The van der Waals surface area contributed by atoms with E-state index < -0.39 is 42.3 Å². The lowest BCUT2D eigenvalue weighted by atomic mass is 10.2. The number of rotatable bonds is 7. The fourth-order valence-electron chi connectivity index (χ4n) is 2.83. The number of para-hydroxylation sites is 1. The van der Waals surface area contributed by atoms with Crippen molar-refractivity contribution in [2.45, 2.75) is 5.92 Å². The summed E-state index contributed by atoms with van der Waals surface area (Å²) in [5.41, 5.74) is -1.65. The van der Waals surface area contributed by atoms with Crippen LogP contribution in [0.5, 0.6) is 5.75 Å². The van der Waals surface area contributed by atoms with E-state index in [1.807, 2.05) is 10.3 Å². The van der Waals surface area contributed by atoms with Crippen molar-refractivity contribution < 1.29 is 27.4 Å². The number of imidazole rings is 1. The van der Waals surface area contributed by atoms with Crippen LogP contribution in [0.2, 0.25) is 0 Å². The van der Waals surface area contributed by atoms with Gasteiger partial charge in [0.15, 0.2) is 24.6 Å². The number of anilines is 1. The molecule has 0 fully saturated rings. The van der Waals surface area contributed by atoms with Crippen molar-refractivity contribution >= 4 is 17.4 Å². The first kappa shape index (κ1) is 22.6. The lowest BCUT2D eigenvalue weighted by molar-refractivity contribution is -0.0811. The summed E-state index contributed by atoms with van der Waals surface area (Å²) in [6.45, 7) is -2.57. The Morgan fingerprint density at radius 1 is 1.21 bits per heavy atom. The molecule has 0 spiro atoms. The van der Waals surface area contributed by atoms with E-state index in [4.69, 9.17) is 4.74 Å². The van der Waals surface area contributed by atoms with E-state index in [1.165, 1.54) is 41.2 Å². The maximum Gasteiger partial charge on any atom is 0.411 e. The molecule has 0 saturated carbocycles. The highest BCUT2D eigenvalue weighted by Gasteiger charge is 2.33. The molecule has 0 aliphatic heterocycles. The van der Waals surface area contributed by atoms with Gasteiger partial charge in [-0.2, -0.15) is 13.9 Å². The minimum absolute atomic E-state index is 0.0156. The largest absolute Gasteiger partial charge is 0.483 e. The smallest absolute Gasteiger partial charge is 0.411 e. The number of benzene rings is 1. The summed E-state index contributed by atoms with van der Waals surface area (Å²) in [4.78, 5) is 43.3. The third-order valence-electron chi connectivity index (χ3n) is 4.38. The number of nitrogens with one attached hydrogen (secondary N) is 3. The van der Waals surface area contributed by atoms with Gasteiger partial charge in [0, 0.05) is 24.7 Å². The average molecular weight is 476 g/mol. The standard InChI is InChI=1S/C20H15F3N6O5/c21-12-3-1-2-4-13(12)26-19(32)34-10-20(22,23)9-33-15-7-14(28-29-6-5-24-16(15)29)11-8-25-18(31)27-17(11)30/h1-8H,9-10H2,(H,26,32)(H2,25,27,30,31). The van der Waals surface area contributed by atoms with E-state index in [-0.39, 0.29) is 28.3 Å². The number of alkyl halides is 2. The molecule has 34 heavy (non-hydrogen) atoms. The molecule has 3 aromatic heterocycles. The van der Waals surface area contributed by atoms with Crippen LogP contribution >= 0.6 is 0 Å². The Morgan fingerprint density at radius 3 is 2.76 bits per heavy atom. The van der Waals surface area contributed by atoms with Gasteiger partial charge in [0.1, 0.15) is 11.5 Å². The second-order valence-electron chi connectivity index (χ2n) is 6.90. The number of aromatic nitrogens is 5. The molecule has 0 bridgehead atoms. The molecule has 0 unspecified atom stereocenters. The second kappa shape index (κ2) is 9.09. The van der Waals surface area contributed by atoms with Gasteiger partial charge in [0.05, 0.1) is 11.3 Å². The first-order valence-electron chi connectivity index (χ1n) is 9.57. The molecular formula is C20H15F3N6O5. The monoisotopic (exact) mass is 476 g/mol. The van der Waals surface area contributed by atoms with Gasteiger partial charge in [-0.05, 0) is 12.1 Å². The third kappa shape index (κ3) is 5.06. The Hall–Kier alpha value is -4.62. The topological polar surface area (TPSA) is 143 Å². The van der Waals surface area contributed by atoms with Gasteiger partial charge >= 0.3 is 17.7 Å². The number of nitrogens with zero attached hydrogens (tertiary/aromatic N) is 3. The summed E-state index contributed by atoms with van der Waals surface area (Å²) >= 11 is 0. The number of hydrogen-bond acceptors (Lipinski definition) is 7. The van der Waals surface area contributed by atoms with Gasteiger partial charge in [0.25, 0.3) is 5.56 Å². The Labute approximate surface area is 187 Å². The van der Waals surface area contributed by atoms with Crippen LogP contribution in [-0.2, 0) is 4.74 Å². The van der Waals surface area contributed by atoms with Crippen LogP contribution in [0.4, 0.5) is 23.7 Å². The van der Waals surface area contributed by atoms with E-state index in [2.05, 4.69) is 19.8 Å². The predicted octanol–water partition coefficient (Wildman–Crippen LogP) is 2.17. The molecule has 14 heteroatoms. The highest BCUT2D eigenvalue weighted by Crippen LogP contribution is 2.25. The molecule has 3 N–H and O–H groups in total. The van der Waals surface area contributed by atoms with Gasteiger partial charge < -0.3 is 14.5 Å². The number of H-pyrrole nitrogens is 2. The van der Waals surface area contributed by atoms with Crippen molar-refractivity contribution in [3.8, 4) is 17.0 Å². The fraction of sp³-hybridized carbons (Fsp3) is 0.150. The summed E-state index contributed by atoms with van der Waals surface area (Å²) in [5, 5.41) is 6.17. The highest BCUT2D eigenvalue weighted by atomic mass is 19.3. The zero-order valence-electron chi connectivity index (χ0n) is 17.0. The molecular weight excluding hydrogens is 461 g/mol. The number of ether oxygens (including phenoxy) is 2. The third-order valence-corrected chi connectivity index (χ3v) is 4.38. The first-order chi connectivity index (χ1) is 16.2. The van der Waals surface area contributed by atoms with E-state index >= 15 is 0 Å². The fourth-order valence-corrected chi connectivity index (χ4v) is 2.83. The normalized spacial score (nSPS) is 11.4. The average Bonchev–Trinajstić information content (AvgIpc) is 3.27. The van der Waals surface area contributed by atoms with Gasteiger partial charge in [-0.3, -0.25) is 15.1 Å². The zero-order chi connectivity index (χ0) is 24.3. The molecule has 0 aliphatic carbocycles. The van der Waals surface area contributed by atoms with Gasteiger partial charge in [0.2, 0.25) is 0 Å². The maximum absolute atomic E-state index is 14.3. The number of hydrogen-bond donors (Lipinski definition) is 3. The number of amides is 1. The summed E-state index contributed by atoms with van der Waals surface area (Å²) in [7, 11) is 0. The molecule has 3 heterocycles. The van der Waals surface area contributed by atoms with Gasteiger partial charge in [-0.1, -0.05) is 12.1 Å². The molecule has 176 valence electrons. The Balaban J connectivity index is 1.46. The van der Waals surface area contributed by atoms with Crippen molar-refractivity contribution in [3.05, 3.63) is 75.6 Å². The molecule has 4 rings (SSSR count). The van der Waals surface area contributed by atoms with Crippen LogP contribution in [0.15, 0.2) is 58.5 Å². The van der Waals surface area contributed by atoms with Crippen LogP contribution < -0.4 is 21.3 Å². The highest BCUT2D eigenvalue weighted by molar-refractivity contribution is 5.84. The minimum Gasteiger partial charge on any atom is -0.483 e. The van der Waals surface area contributed by atoms with Gasteiger partial charge in [-0.25, -0.2) is 23.5 Å². The zero-order valence-corrected chi connectivity index (χ0v) is 17.0. The van der Waals surface area contributed by atoms with Crippen molar-refractivity contribution in [3.63, 3.8) is 0 Å². The number of halogens is 3. The minimum atomic E-state index is -3.63. The van der Waals surface area contributed by atoms with Gasteiger partial charge in [-0.15, -0.1) is 0 Å². The van der Waals surface area contributed by atoms with Crippen LogP contribution in [0, 0.1) is 5.82 Å². The van der Waals surface area contributed by atoms with E-state index in [0.29, 0.717) is 0 Å². The molecule has 1 amide bonds. The molecule has 4 aromatic rings. The number of carbonyl (C=O) groups excluding carboxylic acids is 1. The Bertz CT molecular complexity index is 1460. The van der Waals surface area contributed by atoms with Crippen LogP contribution in [0.1, 0.15) is 0 Å². The Morgan fingerprint density at radius 2 is 2.00 bits per heavy atom. The van der Waals surface area contributed by atoms with Crippen LogP contribution in [-0.4, -0.2) is 49.8 Å². The molecule has 0 saturated heterocycles. The lowest BCUT2D eigenvalue weighted by Gasteiger charge is -2.18. The molecule has 1 aromatic carbocycles. The summed E-state index contributed by atoms with van der Waals surface area (Å²) in [5.74, 6) is -4.53. The second-order valence-corrected chi connectivity index (χ2v) is 6.90. The van der Waals surface area contributed by atoms with Crippen molar-refractivity contribution in [2.24, 2.45) is 0 Å². The SMILES string of the molecule is O=C(Nc1ccccc1F)OCC(F)(F)COc1cc(-c2c[nH]c(=O)[nH]c2=O)nn2ccnc12. The summed E-state index contributed by atoms with van der Waals surface area (Å²) in [6.07, 6.45) is 2.58. The molecule has 0 atom stereocenters. The first-order valence-corrected chi connectivity index (χ1v) is 9.57. The van der Waals surface area contributed by atoms with E-state index in [0.717, 1.165) is 12.3 Å². The van der Waals surface area contributed by atoms with Crippen molar-refractivity contribution in [1.82, 2.24) is 24.6 Å². The predicted molar refractivity (Wildman–Crippen MR) is 111 cm³/mol. The molecule has 0 aliphatic rings. The van der Waals surface area contributed by atoms with Crippen molar-refractivity contribution in [1.29, 1.82) is 0 Å². The van der Waals surface area contributed by atoms with Crippen molar-refractivity contribution in [2.75, 3.05) is 18.5 Å². The van der Waals surface area contributed by atoms with Crippen LogP contribution in [0.3, 0.4) is 0 Å². The van der Waals surface area contributed by atoms with Crippen LogP contribution in [0.25, 0.3) is 16.9 Å². The molecule has 0 radical (unpaired) electrons. The quantitative estimate of drug-likeness (QED) is 0.371.